The van der Waals surface area contributed by atoms with Gasteiger partial charge in [0, 0.05) is 0 Å². The highest BCUT2D eigenvalue weighted by molar-refractivity contribution is 5.42. The van der Waals surface area contributed by atoms with Gasteiger partial charge in [-0.25, -0.2) is 0 Å². The van der Waals surface area contributed by atoms with Gasteiger partial charge in [0.25, 0.3) is 0 Å². The van der Waals surface area contributed by atoms with Gasteiger partial charge in [0.15, 0.2) is 0 Å². The second kappa shape index (κ2) is 5.71. The van der Waals surface area contributed by atoms with Crippen LogP contribution in [0.2, 0.25) is 0 Å². The minimum atomic E-state index is 0. The summed E-state index contributed by atoms with van der Waals surface area (Å²) in [5.41, 5.74) is 6.41. The van der Waals surface area contributed by atoms with Crippen LogP contribution in [0, 0.1) is 0 Å². The molecule has 0 heterocycles. The zero-order valence-electron chi connectivity index (χ0n) is 11.1. The Morgan fingerprint density at radius 3 is 1.41 bits per heavy atom. The van der Waals surface area contributed by atoms with Gasteiger partial charge in [-0.15, -0.1) is 0 Å². The summed E-state index contributed by atoms with van der Waals surface area (Å²) < 4.78 is 0. The molecule has 0 amide bonds. The molecule has 0 N–H and O–H groups in total. The smallest absolute Gasteiger partial charge is 0.0216 e. The topological polar surface area (TPSA) is 0 Å². The molecule has 1 aliphatic carbocycles. The minimum absolute atomic E-state index is 0. The lowest BCUT2D eigenvalue weighted by molar-refractivity contribution is 0.676. The molecule has 0 saturated heterocycles. The van der Waals surface area contributed by atoms with E-state index >= 15 is 0 Å². The van der Waals surface area contributed by atoms with E-state index in [1.165, 1.54) is 25.7 Å². The van der Waals surface area contributed by atoms with Crippen molar-refractivity contribution in [3.8, 4) is 0 Å². The van der Waals surface area contributed by atoms with Crippen molar-refractivity contribution >= 4 is 0 Å². The van der Waals surface area contributed by atoms with Crippen molar-refractivity contribution in [3.05, 3.63) is 34.4 Å². The summed E-state index contributed by atoms with van der Waals surface area (Å²) >= 11 is 0. The van der Waals surface area contributed by atoms with Crippen molar-refractivity contribution < 1.29 is 0 Å². The molecule has 0 aliphatic heterocycles. The van der Waals surface area contributed by atoms with Crippen molar-refractivity contribution in [1.82, 2.24) is 0 Å². The molecular formula is C17H28. The standard InChI is InChI=1S/C16H24.CH4/c1-11(2)15-9-13-7-5-6-8-14(13)10-16(15)12(3)4;/h9-12H,5-8H2,1-4H3;1H4. The molecule has 0 heteroatoms. The number of benzene rings is 1. The van der Waals surface area contributed by atoms with Crippen molar-refractivity contribution in [2.45, 2.75) is 72.6 Å². The Bertz CT molecular complexity index is 335. The zero-order valence-corrected chi connectivity index (χ0v) is 11.1. The number of hydrogen-bond acceptors (Lipinski definition) is 0. The maximum atomic E-state index is 2.49. The van der Waals surface area contributed by atoms with Gasteiger partial charge < -0.3 is 0 Å². The normalized spacial score (nSPS) is 14.7. The van der Waals surface area contributed by atoms with Gasteiger partial charge in [0.2, 0.25) is 0 Å². The lowest BCUT2D eigenvalue weighted by Gasteiger charge is -2.23. The predicted octanol–water partition coefficient (Wildman–Crippen LogP) is 5.45. The molecule has 17 heavy (non-hydrogen) atoms. The van der Waals surface area contributed by atoms with Crippen LogP contribution < -0.4 is 0 Å². The average Bonchev–Trinajstić information content (AvgIpc) is 2.27. The monoisotopic (exact) mass is 232 g/mol. The average molecular weight is 232 g/mol. The van der Waals surface area contributed by atoms with E-state index in [0.29, 0.717) is 11.8 Å². The molecule has 1 aliphatic rings. The van der Waals surface area contributed by atoms with Crippen LogP contribution in [0.3, 0.4) is 0 Å². The van der Waals surface area contributed by atoms with Gasteiger partial charge in [0.05, 0.1) is 0 Å². The number of rotatable bonds is 2. The lowest BCUT2D eigenvalue weighted by atomic mass is 9.82. The first-order chi connectivity index (χ1) is 7.59. The van der Waals surface area contributed by atoms with E-state index in [1.54, 1.807) is 22.3 Å². The predicted molar refractivity (Wildman–Crippen MR) is 78.0 cm³/mol. The van der Waals surface area contributed by atoms with Crippen LogP contribution in [0.1, 0.15) is 82.1 Å². The van der Waals surface area contributed by atoms with Crippen LogP contribution >= 0.6 is 0 Å². The molecule has 0 unspecified atom stereocenters. The minimum Gasteiger partial charge on any atom is -0.0776 e. The van der Waals surface area contributed by atoms with Crippen molar-refractivity contribution in [3.63, 3.8) is 0 Å². The molecule has 1 aromatic rings. The van der Waals surface area contributed by atoms with E-state index in [0.717, 1.165) is 0 Å². The summed E-state index contributed by atoms with van der Waals surface area (Å²) in [6.45, 7) is 9.26. The third-order valence-corrected chi connectivity index (χ3v) is 3.79. The molecule has 1 aromatic carbocycles. The van der Waals surface area contributed by atoms with Crippen molar-refractivity contribution in [1.29, 1.82) is 0 Å². The van der Waals surface area contributed by atoms with E-state index in [1.807, 2.05) is 0 Å². The Labute approximate surface area is 107 Å². The van der Waals surface area contributed by atoms with Crippen molar-refractivity contribution in [2.75, 3.05) is 0 Å². The van der Waals surface area contributed by atoms with E-state index in [9.17, 15) is 0 Å². The fraction of sp³-hybridized carbons (Fsp3) is 0.647. The highest BCUT2D eigenvalue weighted by atomic mass is 14.2. The maximum Gasteiger partial charge on any atom is -0.0216 e. The lowest BCUT2D eigenvalue weighted by Crippen LogP contribution is -2.08. The molecule has 0 nitrogen and oxygen atoms in total. The van der Waals surface area contributed by atoms with Gasteiger partial charge in [-0.2, -0.15) is 0 Å². The van der Waals surface area contributed by atoms with Crippen LogP contribution in [-0.2, 0) is 12.8 Å². The van der Waals surface area contributed by atoms with E-state index in [-0.39, 0.29) is 7.43 Å². The second-order valence-corrected chi connectivity index (χ2v) is 5.77. The van der Waals surface area contributed by atoms with Crippen LogP contribution in [0.15, 0.2) is 12.1 Å². The molecule has 0 spiro atoms. The molecule has 0 aromatic heterocycles. The summed E-state index contributed by atoms with van der Waals surface area (Å²) in [5.74, 6) is 1.31. The van der Waals surface area contributed by atoms with E-state index < -0.39 is 0 Å². The number of aryl methyl sites for hydroxylation is 2. The summed E-state index contributed by atoms with van der Waals surface area (Å²) in [7, 11) is 0. The SMILES string of the molecule is C.CC(C)c1cc2c(cc1C(C)C)CCCC2. The Balaban J connectivity index is 0.00000144. The fourth-order valence-electron chi connectivity index (χ4n) is 2.82. The van der Waals surface area contributed by atoms with Gasteiger partial charge in [0.1, 0.15) is 0 Å². The first-order valence-electron chi connectivity index (χ1n) is 6.75. The number of hydrogen-bond donors (Lipinski definition) is 0. The molecule has 0 radical (unpaired) electrons. The number of fused-ring (bicyclic) bond motifs is 1. The molecule has 0 fully saturated rings. The van der Waals surface area contributed by atoms with Crippen LogP contribution in [0.5, 0.6) is 0 Å². The first kappa shape index (κ1) is 14.3. The molecule has 0 atom stereocenters. The van der Waals surface area contributed by atoms with E-state index in [2.05, 4.69) is 39.8 Å². The first-order valence-corrected chi connectivity index (χ1v) is 6.75. The second-order valence-electron chi connectivity index (χ2n) is 5.77. The molecule has 0 bridgehead atoms. The van der Waals surface area contributed by atoms with Crippen LogP contribution in [0.25, 0.3) is 0 Å². The van der Waals surface area contributed by atoms with Crippen LogP contribution in [0.4, 0.5) is 0 Å². The molecule has 96 valence electrons. The molecule has 0 saturated carbocycles. The van der Waals surface area contributed by atoms with Crippen molar-refractivity contribution in [2.24, 2.45) is 0 Å². The third kappa shape index (κ3) is 2.91. The Morgan fingerprint density at radius 1 is 0.765 bits per heavy atom. The van der Waals surface area contributed by atoms with Crippen LogP contribution in [-0.4, -0.2) is 0 Å². The van der Waals surface area contributed by atoms with Gasteiger partial charge >= 0.3 is 0 Å². The summed E-state index contributed by atoms with van der Waals surface area (Å²) in [5, 5.41) is 0. The zero-order chi connectivity index (χ0) is 11.7. The third-order valence-electron chi connectivity index (χ3n) is 3.79. The maximum absolute atomic E-state index is 2.49. The van der Waals surface area contributed by atoms with Gasteiger partial charge in [-0.05, 0) is 59.8 Å². The molecule has 2 rings (SSSR count). The summed E-state index contributed by atoms with van der Waals surface area (Å²) in [6, 6.07) is 4.99. The van der Waals surface area contributed by atoms with Gasteiger partial charge in [-0.1, -0.05) is 47.3 Å². The fourth-order valence-corrected chi connectivity index (χ4v) is 2.82. The highest BCUT2D eigenvalue weighted by Crippen LogP contribution is 2.32. The largest absolute Gasteiger partial charge is 0.0776 e. The molecular weight excluding hydrogens is 204 g/mol. The summed E-state index contributed by atoms with van der Waals surface area (Å²) in [4.78, 5) is 0. The Hall–Kier alpha value is -0.780. The Morgan fingerprint density at radius 2 is 1.12 bits per heavy atom. The van der Waals surface area contributed by atoms with E-state index in [4.69, 9.17) is 0 Å². The van der Waals surface area contributed by atoms with Gasteiger partial charge in [-0.3, -0.25) is 0 Å². The highest BCUT2D eigenvalue weighted by Gasteiger charge is 2.16. The Kier molecular flexibility index (Phi) is 4.80. The summed E-state index contributed by atoms with van der Waals surface area (Å²) in [6.07, 6.45) is 5.36. The quantitative estimate of drug-likeness (QED) is 0.636.